The van der Waals surface area contributed by atoms with E-state index in [4.69, 9.17) is 4.74 Å². The second-order valence-electron chi connectivity index (χ2n) is 4.32. The average molecular weight is 274 g/mol. The number of amides is 1. The number of hydrogen-bond acceptors (Lipinski definition) is 5. The van der Waals surface area contributed by atoms with Crippen LogP contribution in [0.1, 0.15) is 46.5 Å². The van der Waals surface area contributed by atoms with Gasteiger partial charge in [-0.05, 0) is 32.4 Å². The Bertz CT molecular complexity index is 259. The summed E-state index contributed by atoms with van der Waals surface area (Å²) in [4.78, 5) is 21.9. The minimum atomic E-state index is -0.851. The van der Waals surface area contributed by atoms with E-state index in [-0.39, 0.29) is 0 Å². The molecular weight excluding hydrogens is 248 g/mol. The fourth-order valence-corrected chi connectivity index (χ4v) is 1.49. The van der Waals surface area contributed by atoms with Gasteiger partial charge in [-0.2, -0.15) is 0 Å². The minimum Gasteiger partial charge on any atom is -0.426 e. The standard InChI is InChI=1S/C13H26N2O4/c1-4-8-14-9-6-5-7-10-15-13(17)19-12(3)18-11(2)16/h12,14H,4-10H2,1-3H3,(H,15,17). The largest absolute Gasteiger partial charge is 0.426 e. The van der Waals surface area contributed by atoms with Crippen LogP contribution in [0.2, 0.25) is 0 Å². The van der Waals surface area contributed by atoms with Crippen molar-refractivity contribution in [2.24, 2.45) is 0 Å². The molecule has 112 valence electrons. The Balaban J connectivity index is 3.36. The molecule has 0 aromatic heterocycles. The molecule has 6 heteroatoms. The molecular formula is C13H26N2O4. The summed E-state index contributed by atoms with van der Waals surface area (Å²) in [6, 6.07) is 0. The lowest BCUT2D eigenvalue weighted by molar-refractivity contribution is -0.162. The van der Waals surface area contributed by atoms with Crippen LogP contribution < -0.4 is 10.6 Å². The van der Waals surface area contributed by atoms with Crippen LogP contribution >= 0.6 is 0 Å². The van der Waals surface area contributed by atoms with Gasteiger partial charge >= 0.3 is 12.1 Å². The van der Waals surface area contributed by atoms with Crippen molar-refractivity contribution >= 4 is 12.1 Å². The van der Waals surface area contributed by atoms with Crippen molar-refractivity contribution in [2.75, 3.05) is 19.6 Å². The van der Waals surface area contributed by atoms with E-state index in [0.717, 1.165) is 38.8 Å². The van der Waals surface area contributed by atoms with Crippen LogP contribution in [0.25, 0.3) is 0 Å². The van der Waals surface area contributed by atoms with Gasteiger partial charge in [0.1, 0.15) is 0 Å². The Morgan fingerprint density at radius 2 is 1.74 bits per heavy atom. The zero-order valence-electron chi connectivity index (χ0n) is 12.2. The Labute approximate surface area is 115 Å². The number of alkyl carbamates (subject to hydrolysis) is 1. The molecule has 0 saturated carbocycles. The predicted octanol–water partition coefficient (Wildman–Crippen LogP) is 1.79. The second-order valence-corrected chi connectivity index (χ2v) is 4.32. The molecule has 0 aromatic carbocycles. The summed E-state index contributed by atoms with van der Waals surface area (Å²) in [7, 11) is 0. The van der Waals surface area contributed by atoms with E-state index in [0.29, 0.717) is 6.54 Å². The molecule has 0 radical (unpaired) electrons. The van der Waals surface area contributed by atoms with Gasteiger partial charge in [0, 0.05) is 20.4 Å². The Kier molecular flexibility index (Phi) is 11.0. The molecule has 0 fully saturated rings. The molecule has 1 amide bonds. The van der Waals surface area contributed by atoms with E-state index in [1.807, 2.05) is 0 Å². The summed E-state index contributed by atoms with van der Waals surface area (Å²) >= 11 is 0. The van der Waals surface area contributed by atoms with Crippen LogP contribution in [0.4, 0.5) is 4.79 Å². The number of hydrogen-bond donors (Lipinski definition) is 2. The molecule has 1 unspecified atom stereocenters. The first kappa shape index (κ1) is 17.7. The summed E-state index contributed by atoms with van der Waals surface area (Å²) in [5, 5.41) is 5.93. The number of nitrogens with one attached hydrogen (secondary N) is 2. The number of ether oxygens (including phenoxy) is 2. The van der Waals surface area contributed by atoms with Crippen molar-refractivity contribution in [1.82, 2.24) is 10.6 Å². The van der Waals surface area contributed by atoms with Gasteiger partial charge in [0.15, 0.2) is 0 Å². The van der Waals surface area contributed by atoms with Gasteiger partial charge in [0.2, 0.25) is 6.29 Å². The highest BCUT2D eigenvalue weighted by molar-refractivity contribution is 5.68. The zero-order chi connectivity index (χ0) is 14.5. The van der Waals surface area contributed by atoms with Crippen molar-refractivity contribution in [2.45, 2.75) is 52.7 Å². The molecule has 0 saturated heterocycles. The van der Waals surface area contributed by atoms with Gasteiger partial charge in [-0.25, -0.2) is 4.79 Å². The van der Waals surface area contributed by atoms with Crippen molar-refractivity contribution in [1.29, 1.82) is 0 Å². The maximum Gasteiger partial charge on any atom is 0.410 e. The first-order valence-electron chi connectivity index (χ1n) is 6.88. The van der Waals surface area contributed by atoms with E-state index in [1.54, 1.807) is 0 Å². The van der Waals surface area contributed by atoms with E-state index < -0.39 is 18.4 Å². The van der Waals surface area contributed by atoms with Gasteiger partial charge in [-0.15, -0.1) is 0 Å². The lowest BCUT2D eigenvalue weighted by Gasteiger charge is -2.13. The number of unbranched alkanes of at least 4 members (excludes halogenated alkanes) is 2. The molecule has 0 aromatic rings. The third kappa shape index (κ3) is 12.9. The highest BCUT2D eigenvalue weighted by Crippen LogP contribution is 1.96. The molecule has 0 bridgehead atoms. The van der Waals surface area contributed by atoms with Crippen LogP contribution in [0.15, 0.2) is 0 Å². The Morgan fingerprint density at radius 3 is 2.37 bits per heavy atom. The number of carbonyl (C=O) groups is 2. The summed E-state index contributed by atoms with van der Waals surface area (Å²) in [5.74, 6) is -0.472. The molecule has 0 aliphatic rings. The zero-order valence-corrected chi connectivity index (χ0v) is 12.2. The molecule has 0 aliphatic carbocycles. The highest BCUT2D eigenvalue weighted by atomic mass is 16.7. The molecule has 2 N–H and O–H groups in total. The van der Waals surface area contributed by atoms with Crippen molar-refractivity contribution in [3.63, 3.8) is 0 Å². The Morgan fingerprint density at radius 1 is 1.05 bits per heavy atom. The van der Waals surface area contributed by atoms with Crippen LogP contribution in [0, 0.1) is 0 Å². The molecule has 1 atom stereocenters. The van der Waals surface area contributed by atoms with Crippen molar-refractivity contribution < 1.29 is 19.1 Å². The molecule has 0 aliphatic heterocycles. The first-order chi connectivity index (χ1) is 9.06. The third-order valence-corrected chi connectivity index (χ3v) is 2.33. The predicted molar refractivity (Wildman–Crippen MR) is 72.7 cm³/mol. The van der Waals surface area contributed by atoms with E-state index in [9.17, 15) is 9.59 Å². The van der Waals surface area contributed by atoms with Gasteiger partial charge in [0.05, 0.1) is 0 Å². The van der Waals surface area contributed by atoms with Crippen LogP contribution in [-0.2, 0) is 14.3 Å². The number of esters is 1. The molecule has 19 heavy (non-hydrogen) atoms. The van der Waals surface area contributed by atoms with Gasteiger partial charge < -0.3 is 20.1 Å². The Hall–Kier alpha value is -1.30. The monoisotopic (exact) mass is 274 g/mol. The quantitative estimate of drug-likeness (QED) is 0.361. The van der Waals surface area contributed by atoms with Gasteiger partial charge in [-0.1, -0.05) is 13.3 Å². The van der Waals surface area contributed by atoms with E-state index >= 15 is 0 Å². The highest BCUT2D eigenvalue weighted by Gasteiger charge is 2.10. The normalized spacial score (nSPS) is 11.7. The van der Waals surface area contributed by atoms with Crippen molar-refractivity contribution in [3.05, 3.63) is 0 Å². The number of rotatable bonds is 10. The summed E-state index contributed by atoms with van der Waals surface area (Å²) in [6.07, 6.45) is 2.80. The average Bonchev–Trinajstić information content (AvgIpc) is 2.31. The van der Waals surface area contributed by atoms with Crippen molar-refractivity contribution in [3.8, 4) is 0 Å². The van der Waals surface area contributed by atoms with Crippen LogP contribution in [0.3, 0.4) is 0 Å². The fraction of sp³-hybridized carbons (Fsp3) is 0.846. The van der Waals surface area contributed by atoms with Gasteiger partial charge in [0.25, 0.3) is 0 Å². The van der Waals surface area contributed by atoms with Gasteiger partial charge in [-0.3, -0.25) is 4.79 Å². The maximum absolute atomic E-state index is 11.3. The molecule has 0 rings (SSSR count). The second kappa shape index (κ2) is 11.8. The SMILES string of the molecule is CCCNCCCCCNC(=O)OC(C)OC(C)=O. The summed E-state index contributed by atoms with van der Waals surface area (Å²) in [6.45, 7) is 7.55. The smallest absolute Gasteiger partial charge is 0.410 e. The molecule has 6 nitrogen and oxygen atoms in total. The lowest BCUT2D eigenvalue weighted by atomic mass is 10.2. The number of carbonyl (C=O) groups excluding carboxylic acids is 2. The third-order valence-electron chi connectivity index (χ3n) is 2.33. The summed E-state index contributed by atoms with van der Waals surface area (Å²) in [5.41, 5.74) is 0. The lowest BCUT2D eigenvalue weighted by Crippen LogP contribution is -2.30. The first-order valence-corrected chi connectivity index (χ1v) is 6.88. The molecule has 0 spiro atoms. The maximum atomic E-state index is 11.3. The topological polar surface area (TPSA) is 76.7 Å². The fourth-order valence-electron chi connectivity index (χ4n) is 1.49. The minimum absolute atomic E-state index is 0.472. The summed E-state index contributed by atoms with van der Waals surface area (Å²) < 4.78 is 9.49. The van der Waals surface area contributed by atoms with E-state index in [2.05, 4.69) is 22.3 Å². The van der Waals surface area contributed by atoms with Crippen LogP contribution in [-0.4, -0.2) is 38.0 Å². The molecule has 0 heterocycles. The van der Waals surface area contributed by atoms with Crippen LogP contribution in [0.5, 0.6) is 0 Å². The van der Waals surface area contributed by atoms with E-state index in [1.165, 1.54) is 13.8 Å².